The third kappa shape index (κ3) is 2.13. The fourth-order valence-corrected chi connectivity index (χ4v) is 5.60. The van der Waals surface area contributed by atoms with Crippen LogP contribution in [-0.4, -0.2) is 41.0 Å². The Labute approximate surface area is 137 Å². The minimum atomic E-state index is 0.704. The molecule has 1 saturated heterocycles. The fourth-order valence-electron chi connectivity index (χ4n) is 4.89. The van der Waals surface area contributed by atoms with Crippen molar-refractivity contribution in [2.75, 3.05) is 25.1 Å². The van der Waals surface area contributed by atoms with Gasteiger partial charge >= 0.3 is 0 Å². The third-order valence-electron chi connectivity index (χ3n) is 5.81. The SMILES string of the molecule is CCN1C[C@H](CSC)CC2c3cccc4[nH]c(C)c(c34)C[C@H]21. The number of likely N-dealkylation sites (tertiary alicyclic amines) is 1. The first-order valence-electron chi connectivity index (χ1n) is 8.56. The molecule has 1 aliphatic carbocycles. The summed E-state index contributed by atoms with van der Waals surface area (Å²) in [5.41, 5.74) is 5.91. The first kappa shape index (κ1) is 14.6. The third-order valence-corrected chi connectivity index (χ3v) is 6.61. The van der Waals surface area contributed by atoms with E-state index in [1.807, 2.05) is 11.8 Å². The summed E-state index contributed by atoms with van der Waals surface area (Å²) in [4.78, 5) is 6.37. The van der Waals surface area contributed by atoms with Crippen molar-refractivity contribution in [1.29, 1.82) is 0 Å². The van der Waals surface area contributed by atoms with E-state index in [1.54, 1.807) is 16.5 Å². The summed E-state index contributed by atoms with van der Waals surface area (Å²) in [5.74, 6) is 2.86. The number of thioether (sulfide) groups is 1. The van der Waals surface area contributed by atoms with Crippen molar-refractivity contribution >= 4 is 22.7 Å². The van der Waals surface area contributed by atoms with Gasteiger partial charge in [0.25, 0.3) is 0 Å². The van der Waals surface area contributed by atoms with Crippen LogP contribution in [0.1, 0.15) is 36.1 Å². The molecule has 1 unspecified atom stereocenters. The van der Waals surface area contributed by atoms with Crippen LogP contribution in [0.4, 0.5) is 0 Å². The standard InChI is InChI=1S/C19H26N2S/c1-4-21-10-13(11-22-3)8-16-14-6-5-7-17-19(14)15(9-18(16)21)12(2)20-17/h5-7,13,16,18,20H,4,8-11H2,1-3H3/t13-,16?,18-/m1/s1. The van der Waals surface area contributed by atoms with E-state index in [4.69, 9.17) is 0 Å². The first-order valence-corrected chi connectivity index (χ1v) is 9.95. The predicted molar refractivity (Wildman–Crippen MR) is 97.0 cm³/mol. The van der Waals surface area contributed by atoms with Crippen LogP contribution in [0.15, 0.2) is 18.2 Å². The van der Waals surface area contributed by atoms with Crippen molar-refractivity contribution in [3.63, 3.8) is 0 Å². The Morgan fingerprint density at radius 2 is 2.23 bits per heavy atom. The van der Waals surface area contributed by atoms with Crippen LogP contribution in [0, 0.1) is 12.8 Å². The van der Waals surface area contributed by atoms with Crippen molar-refractivity contribution in [3.8, 4) is 0 Å². The number of likely N-dealkylation sites (N-methyl/N-ethyl adjacent to an activating group) is 1. The van der Waals surface area contributed by atoms with Crippen LogP contribution < -0.4 is 0 Å². The Balaban J connectivity index is 1.81. The normalized spacial score (nSPS) is 28.0. The summed E-state index contributed by atoms with van der Waals surface area (Å²) in [6.07, 6.45) is 4.84. The summed E-state index contributed by atoms with van der Waals surface area (Å²) in [6.45, 7) is 7.04. The molecule has 1 aromatic carbocycles. The van der Waals surface area contributed by atoms with Gasteiger partial charge in [-0.25, -0.2) is 0 Å². The van der Waals surface area contributed by atoms with Crippen LogP contribution in [0.3, 0.4) is 0 Å². The molecule has 1 aromatic heterocycles. The molecule has 2 aromatic rings. The number of rotatable bonds is 3. The van der Waals surface area contributed by atoms with E-state index >= 15 is 0 Å². The van der Waals surface area contributed by atoms with Crippen LogP contribution >= 0.6 is 11.8 Å². The molecule has 2 nitrogen and oxygen atoms in total. The number of aryl methyl sites for hydroxylation is 1. The largest absolute Gasteiger partial charge is 0.358 e. The highest BCUT2D eigenvalue weighted by Crippen LogP contribution is 2.45. The van der Waals surface area contributed by atoms with Gasteiger partial charge in [0.1, 0.15) is 0 Å². The van der Waals surface area contributed by atoms with Crippen molar-refractivity contribution in [2.24, 2.45) is 5.92 Å². The number of aromatic nitrogens is 1. The highest BCUT2D eigenvalue weighted by atomic mass is 32.2. The van der Waals surface area contributed by atoms with Gasteiger partial charge in [-0.15, -0.1) is 0 Å². The lowest BCUT2D eigenvalue weighted by Gasteiger charge is -2.47. The molecular weight excluding hydrogens is 288 g/mol. The molecule has 2 heterocycles. The van der Waals surface area contributed by atoms with E-state index in [9.17, 15) is 0 Å². The van der Waals surface area contributed by atoms with E-state index in [0.29, 0.717) is 6.04 Å². The number of fused-ring (bicyclic) bond motifs is 2. The Morgan fingerprint density at radius 1 is 1.36 bits per heavy atom. The molecule has 3 atom stereocenters. The van der Waals surface area contributed by atoms with Crippen molar-refractivity contribution in [3.05, 3.63) is 35.0 Å². The minimum absolute atomic E-state index is 0.704. The van der Waals surface area contributed by atoms with Gasteiger partial charge < -0.3 is 4.98 Å². The zero-order valence-corrected chi connectivity index (χ0v) is 14.7. The van der Waals surface area contributed by atoms with Gasteiger partial charge in [-0.3, -0.25) is 4.90 Å². The second kappa shape index (κ2) is 5.61. The summed E-state index contributed by atoms with van der Waals surface area (Å²) < 4.78 is 0. The molecule has 0 bridgehead atoms. The molecule has 0 radical (unpaired) electrons. The monoisotopic (exact) mass is 314 g/mol. The Hall–Kier alpha value is -0.930. The summed E-state index contributed by atoms with van der Waals surface area (Å²) in [6, 6.07) is 7.59. The molecular formula is C19H26N2S. The Kier molecular flexibility index (Phi) is 3.74. The van der Waals surface area contributed by atoms with Crippen LogP contribution in [-0.2, 0) is 6.42 Å². The Morgan fingerprint density at radius 3 is 3.00 bits per heavy atom. The van der Waals surface area contributed by atoms with Gasteiger partial charge in [-0.2, -0.15) is 11.8 Å². The summed E-state index contributed by atoms with van der Waals surface area (Å²) in [7, 11) is 0. The molecule has 1 N–H and O–H groups in total. The molecule has 0 saturated carbocycles. The smallest absolute Gasteiger partial charge is 0.0461 e. The van der Waals surface area contributed by atoms with E-state index in [-0.39, 0.29) is 0 Å². The molecule has 0 spiro atoms. The topological polar surface area (TPSA) is 19.0 Å². The zero-order valence-electron chi connectivity index (χ0n) is 13.9. The van der Waals surface area contributed by atoms with Gasteiger partial charge in [-0.1, -0.05) is 19.1 Å². The van der Waals surface area contributed by atoms with Gasteiger partial charge in [0.2, 0.25) is 0 Å². The molecule has 22 heavy (non-hydrogen) atoms. The van der Waals surface area contributed by atoms with Gasteiger partial charge in [0.05, 0.1) is 0 Å². The van der Waals surface area contributed by atoms with Gasteiger partial charge in [0, 0.05) is 35.1 Å². The quantitative estimate of drug-likeness (QED) is 0.916. The molecule has 3 heteroatoms. The number of hydrogen-bond acceptors (Lipinski definition) is 2. The van der Waals surface area contributed by atoms with Gasteiger partial charge in [0.15, 0.2) is 0 Å². The highest BCUT2D eigenvalue weighted by Gasteiger charge is 2.40. The Bertz CT molecular complexity index is 690. The van der Waals surface area contributed by atoms with E-state index in [2.05, 4.69) is 48.2 Å². The van der Waals surface area contributed by atoms with Crippen molar-refractivity contribution in [2.45, 2.75) is 38.6 Å². The molecule has 4 rings (SSSR count). The van der Waals surface area contributed by atoms with Gasteiger partial charge in [-0.05, 0) is 61.4 Å². The lowest BCUT2D eigenvalue weighted by Crippen LogP contribution is -2.50. The molecule has 1 fully saturated rings. The summed E-state index contributed by atoms with van der Waals surface area (Å²) >= 11 is 2.01. The number of piperidine rings is 1. The lowest BCUT2D eigenvalue weighted by molar-refractivity contribution is 0.0983. The first-order chi connectivity index (χ1) is 10.7. The highest BCUT2D eigenvalue weighted by molar-refractivity contribution is 7.98. The van der Waals surface area contributed by atoms with Crippen LogP contribution in [0.25, 0.3) is 10.9 Å². The van der Waals surface area contributed by atoms with Crippen LogP contribution in [0.5, 0.6) is 0 Å². The molecule has 2 aliphatic rings. The number of benzene rings is 1. The van der Waals surface area contributed by atoms with Crippen molar-refractivity contribution < 1.29 is 0 Å². The lowest BCUT2D eigenvalue weighted by atomic mass is 9.72. The second-order valence-corrected chi connectivity index (χ2v) is 7.93. The maximum atomic E-state index is 3.62. The minimum Gasteiger partial charge on any atom is -0.358 e. The maximum absolute atomic E-state index is 3.62. The summed E-state index contributed by atoms with van der Waals surface area (Å²) in [5, 5.41) is 1.54. The average molecular weight is 314 g/mol. The van der Waals surface area contributed by atoms with Crippen LogP contribution in [0.2, 0.25) is 0 Å². The zero-order chi connectivity index (χ0) is 15.3. The molecule has 118 valence electrons. The molecule has 1 aliphatic heterocycles. The maximum Gasteiger partial charge on any atom is 0.0461 e. The fraction of sp³-hybridized carbons (Fsp3) is 0.579. The van der Waals surface area contributed by atoms with E-state index in [0.717, 1.165) is 11.8 Å². The number of aromatic amines is 1. The number of nitrogens with one attached hydrogen (secondary N) is 1. The average Bonchev–Trinajstić information content (AvgIpc) is 2.85. The van der Waals surface area contributed by atoms with E-state index < -0.39 is 0 Å². The number of hydrogen-bond donors (Lipinski definition) is 1. The second-order valence-electron chi connectivity index (χ2n) is 7.02. The van der Waals surface area contributed by atoms with E-state index in [1.165, 1.54) is 42.9 Å². The predicted octanol–water partition coefficient (Wildman–Crippen LogP) is 4.19. The van der Waals surface area contributed by atoms with Crippen molar-refractivity contribution in [1.82, 2.24) is 9.88 Å². The number of nitrogens with zero attached hydrogens (tertiary/aromatic N) is 1. The number of H-pyrrole nitrogens is 1. The molecule has 0 amide bonds.